The summed E-state index contributed by atoms with van der Waals surface area (Å²) in [6.07, 6.45) is -0.343. The van der Waals surface area contributed by atoms with Crippen molar-refractivity contribution < 1.29 is 14.4 Å². The molecule has 1 unspecified atom stereocenters. The average Bonchev–Trinajstić information content (AvgIpc) is 3.06. The van der Waals surface area contributed by atoms with Gasteiger partial charge in [0, 0.05) is 24.9 Å². The van der Waals surface area contributed by atoms with Crippen LogP contribution in [0.25, 0.3) is 0 Å². The summed E-state index contributed by atoms with van der Waals surface area (Å²) in [5.41, 5.74) is 0.933. The van der Waals surface area contributed by atoms with E-state index >= 15 is 0 Å². The lowest BCUT2D eigenvalue weighted by molar-refractivity contribution is -0.384. The summed E-state index contributed by atoms with van der Waals surface area (Å²) in [6.45, 7) is 0.360. The molecule has 2 heterocycles. The number of hydrogen-bond acceptors (Lipinski definition) is 7. The van der Waals surface area contributed by atoms with Gasteiger partial charge in [-0.1, -0.05) is 36.0 Å². The fourth-order valence-electron chi connectivity index (χ4n) is 2.79. The predicted octanol–water partition coefficient (Wildman–Crippen LogP) is 3.53. The van der Waals surface area contributed by atoms with Gasteiger partial charge in [-0.2, -0.15) is 0 Å². The Balaban J connectivity index is 1.47. The Bertz CT molecular complexity index is 991. The van der Waals surface area contributed by atoms with Gasteiger partial charge in [0.15, 0.2) is 28.6 Å². The quantitative estimate of drug-likeness (QED) is 0.377. The molecule has 1 aromatic heterocycles. The van der Waals surface area contributed by atoms with Crippen LogP contribution in [0.5, 0.6) is 11.5 Å². The van der Waals surface area contributed by atoms with E-state index in [2.05, 4.69) is 10.2 Å². The Labute approximate surface area is 159 Å². The first-order valence-corrected chi connectivity index (χ1v) is 9.24. The molecule has 3 aromatic rings. The second-order valence-electron chi connectivity index (χ2n) is 5.98. The number of non-ortho nitro benzene ring substituents is 1. The zero-order valence-electron chi connectivity index (χ0n) is 14.4. The molecule has 1 aliphatic heterocycles. The van der Waals surface area contributed by atoms with E-state index in [4.69, 9.17) is 9.47 Å². The lowest BCUT2D eigenvalue weighted by Gasteiger charge is -2.25. The van der Waals surface area contributed by atoms with Gasteiger partial charge in [0.05, 0.1) is 4.92 Å². The Morgan fingerprint density at radius 2 is 2.04 bits per heavy atom. The molecule has 1 atom stereocenters. The zero-order chi connectivity index (χ0) is 18.8. The van der Waals surface area contributed by atoms with Crippen molar-refractivity contribution in [1.82, 2.24) is 14.8 Å². The van der Waals surface area contributed by atoms with Gasteiger partial charge < -0.3 is 14.0 Å². The number of ether oxygens (including phenoxy) is 2. The summed E-state index contributed by atoms with van der Waals surface area (Å²) in [7, 11) is 1.87. The van der Waals surface area contributed by atoms with Crippen molar-refractivity contribution >= 4 is 17.4 Å². The molecule has 0 saturated carbocycles. The molecule has 4 rings (SSSR count). The highest BCUT2D eigenvalue weighted by Crippen LogP contribution is 2.36. The molecule has 0 fully saturated rings. The highest BCUT2D eigenvalue weighted by atomic mass is 32.2. The third kappa shape index (κ3) is 3.59. The number of rotatable bonds is 5. The maximum absolute atomic E-state index is 10.9. The normalized spacial score (nSPS) is 15.5. The van der Waals surface area contributed by atoms with Crippen LogP contribution >= 0.6 is 11.8 Å². The number of nitro groups is 1. The van der Waals surface area contributed by atoms with E-state index in [0.717, 1.165) is 11.3 Å². The smallest absolute Gasteiger partial charge is 0.269 e. The number of thioether (sulfide) groups is 1. The Morgan fingerprint density at radius 3 is 2.85 bits per heavy atom. The third-order valence-corrected chi connectivity index (χ3v) is 5.25. The summed E-state index contributed by atoms with van der Waals surface area (Å²) >= 11 is 1.46. The lowest BCUT2D eigenvalue weighted by Crippen LogP contribution is -2.24. The van der Waals surface area contributed by atoms with Crippen LogP contribution in [0.4, 0.5) is 5.69 Å². The summed E-state index contributed by atoms with van der Waals surface area (Å²) < 4.78 is 13.6. The van der Waals surface area contributed by atoms with Crippen molar-refractivity contribution in [2.75, 3.05) is 6.61 Å². The number of nitrogens with zero attached hydrogens (tertiary/aromatic N) is 4. The standard InChI is InChI=1S/C18H16N4O4S/c1-21-17(16-10-25-14-7-2-3-8-15(14)26-16)19-20-18(21)27-11-12-5-4-6-13(9-12)22(23)24/h2-9,16H,10-11H2,1H3. The van der Waals surface area contributed by atoms with Crippen LogP contribution in [0.1, 0.15) is 17.5 Å². The molecule has 1 aliphatic rings. The number of aromatic nitrogens is 3. The average molecular weight is 384 g/mol. The van der Waals surface area contributed by atoms with E-state index in [-0.39, 0.29) is 11.8 Å². The Morgan fingerprint density at radius 1 is 1.22 bits per heavy atom. The molecule has 0 radical (unpaired) electrons. The molecule has 0 saturated heterocycles. The second-order valence-corrected chi connectivity index (χ2v) is 6.92. The zero-order valence-corrected chi connectivity index (χ0v) is 15.3. The van der Waals surface area contributed by atoms with Crippen LogP contribution in [0.2, 0.25) is 0 Å². The van der Waals surface area contributed by atoms with E-state index in [9.17, 15) is 10.1 Å². The van der Waals surface area contributed by atoms with Crippen molar-refractivity contribution in [3.8, 4) is 11.5 Å². The van der Waals surface area contributed by atoms with Crippen LogP contribution < -0.4 is 9.47 Å². The summed E-state index contributed by atoms with van der Waals surface area (Å²) in [6, 6.07) is 14.1. The van der Waals surface area contributed by atoms with Gasteiger partial charge >= 0.3 is 0 Å². The minimum absolute atomic E-state index is 0.0816. The van der Waals surface area contributed by atoms with E-state index in [1.54, 1.807) is 12.1 Å². The van der Waals surface area contributed by atoms with E-state index in [1.807, 2.05) is 41.9 Å². The van der Waals surface area contributed by atoms with Gasteiger partial charge in [0.2, 0.25) is 0 Å². The van der Waals surface area contributed by atoms with E-state index in [0.29, 0.717) is 29.1 Å². The first kappa shape index (κ1) is 17.3. The van der Waals surface area contributed by atoms with Crippen LogP contribution in [-0.2, 0) is 12.8 Å². The van der Waals surface area contributed by atoms with Gasteiger partial charge in [-0.3, -0.25) is 10.1 Å². The molecule has 8 nitrogen and oxygen atoms in total. The lowest BCUT2D eigenvalue weighted by atomic mass is 10.2. The van der Waals surface area contributed by atoms with Crippen molar-refractivity contribution in [3.05, 3.63) is 70.0 Å². The predicted molar refractivity (Wildman–Crippen MR) is 99.0 cm³/mol. The molecule has 0 aliphatic carbocycles. The molecule has 27 heavy (non-hydrogen) atoms. The highest BCUT2D eigenvalue weighted by Gasteiger charge is 2.27. The van der Waals surface area contributed by atoms with Crippen LogP contribution in [0.3, 0.4) is 0 Å². The number of fused-ring (bicyclic) bond motifs is 1. The minimum Gasteiger partial charge on any atom is -0.485 e. The monoisotopic (exact) mass is 384 g/mol. The maximum Gasteiger partial charge on any atom is 0.269 e. The van der Waals surface area contributed by atoms with Crippen LogP contribution in [-0.4, -0.2) is 26.3 Å². The van der Waals surface area contributed by atoms with Crippen molar-refractivity contribution in [1.29, 1.82) is 0 Å². The van der Waals surface area contributed by atoms with Gasteiger partial charge in [-0.15, -0.1) is 10.2 Å². The molecule has 9 heteroatoms. The fraction of sp³-hybridized carbons (Fsp3) is 0.222. The minimum atomic E-state index is -0.396. The Hall–Kier alpha value is -3.07. The molecule has 2 aromatic carbocycles. The van der Waals surface area contributed by atoms with Gasteiger partial charge in [0.25, 0.3) is 5.69 Å². The van der Waals surface area contributed by atoms with Gasteiger partial charge in [-0.25, -0.2) is 0 Å². The SMILES string of the molecule is Cn1c(SCc2cccc([N+](=O)[O-])c2)nnc1C1COc2ccccc2O1. The number of benzene rings is 2. The van der Waals surface area contributed by atoms with Crippen LogP contribution in [0.15, 0.2) is 53.7 Å². The first-order valence-electron chi connectivity index (χ1n) is 8.26. The summed E-state index contributed by atoms with van der Waals surface area (Å²) in [4.78, 5) is 10.5. The molecule has 138 valence electrons. The maximum atomic E-state index is 10.9. The highest BCUT2D eigenvalue weighted by molar-refractivity contribution is 7.98. The molecule has 0 bridgehead atoms. The van der Waals surface area contributed by atoms with E-state index < -0.39 is 4.92 Å². The van der Waals surface area contributed by atoms with Gasteiger partial charge in [0.1, 0.15) is 6.61 Å². The summed E-state index contributed by atoms with van der Waals surface area (Å²) in [5, 5.41) is 20.1. The van der Waals surface area contributed by atoms with E-state index in [1.165, 1.54) is 17.8 Å². The molecular weight excluding hydrogens is 368 g/mol. The third-order valence-electron chi connectivity index (χ3n) is 4.15. The fourth-order valence-corrected chi connectivity index (χ4v) is 3.65. The first-order chi connectivity index (χ1) is 13.1. The number of para-hydroxylation sites is 2. The molecule has 0 N–H and O–H groups in total. The van der Waals surface area contributed by atoms with Crippen molar-refractivity contribution in [2.24, 2.45) is 7.05 Å². The summed E-state index contributed by atoms with van der Waals surface area (Å²) in [5.74, 6) is 2.63. The Kier molecular flexibility index (Phi) is 4.68. The largest absolute Gasteiger partial charge is 0.485 e. The van der Waals surface area contributed by atoms with Crippen molar-refractivity contribution in [2.45, 2.75) is 17.0 Å². The molecule has 0 spiro atoms. The van der Waals surface area contributed by atoms with Crippen molar-refractivity contribution in [3.63, 3.8) is 0 Å². The second kappa shape index (κ2) is 7.28. The molecule has 0 amide bonds. The topological polar surface area (TPSA) is 92.3 Å². The van der Waals surface area contributed by atoms with Crippen LogP contribution in [0, 0.1) is 10.1 Å². The molecular formula is C18H16N4O4S. The van der Waals surface area contributed by atoms with Gasteiger partial charge in [-0.05, 0) is 17.7 Å². The number of hydrogen-bond donors (Lipinski definition) is 0. The number of nitro benzene ring substituents is 1.